The minimum absolute atomic E-state index is 0.0562. The lowest BCUT2D eigenvalue weighted by atomic mass is 10.1. The van der Waals surface area contributed by atoms with Gasteiger partial charge in [-0.2, -0.15) is 0 Å². The number of amides is 1. The van der Waals surface area contributed by atoms with Crippen molar-refractivity contribution < 1.29 is 19.4 Å². The highest BCUT2D eigenvalue weighted by Crippen LogP contribution is 2.26. The molecule has 0 saturated heterocycles. The van der Waals surface area contributed by atoms with E-state index in [1.54, 1.807) is 24.3 Å². The van der Waals surface area contributed by atoms with E-state index < -0.39 is 5.97 Å². The lowest BCUT2D eigenvalue weighted by Gasteiger charge is -2.13. The Bertz CT molecular complexity index is 500. The van der Waals surface area contributed by atoms with E-state index in [-0.39, 0.29) is 17.9 Å². The van der Waals surface area contributed by atoms with Crippen LogP contribution in [0.1, 0.15) is 36.5 Å². The van der Waals surface area contributed by atoms with Gasteiger partial charge in [-0.1, -0.05) is 6.07 Å². The van der Waals surface area contributed by atoms with E-state index in [2.05, 4.69) is 5.32 Å². The van der Waals surface area contributed by atoms with Gasteiger partial charge in [0.25, 0.3) is 5.91 Å². The highest BCUT2D eigenvalue weighted by atomic mass is 16.5. The SMILES string of the molecule is CCOc1cccc(C(=O)N[C@H]2CC[C@@H](C(=O)O)C2)c1. The van der Waals surface area contributed by atoms with Gasteiger partial charge in [-0.05, 0) is 44.4 Å². The molecule has 2 rings (SSSR count). The summed E-state index contributed by atoms with van der Waals surface area (Å²) in [6, 6.07) is 6.94. The van der Waals surface area contributed by atoms with Crippen LogP contribution >= 0.6 is 0 Å². The summed E-state index contributed by atoms with van der Waals surface area (Å²) in [5.41, 5.74) is 0.537. The average Bonchev–Trinajstić information content (AvgIpc) is 2.88. The Morgan fingerprint density at radius 3 is 2.85 bits per heavy atom. The third-order valence-corrected chi connectivity index (χ3v) is 3.52. The van der Waals surface area contributed by atoms with Crippen molar-refractivity contribution in [2.45, 2.75) is 32.2 Å². The first-order chi connectivity index (χ1) is 9.60. The number of hydrogen-bond acceptors (Lipinski definition) is 3. The number of aliphatic carboxylic acids is 1. The van der Waals surface area contributed by atoms with Crippen LogP contribution in [0.2, 0.25) is 0 Å². The van der Waals surface area contributed by atoms with Gasteiger partial charge in [0.2, 0.25) is 0 Å². The molecule has 20 heavy (non-hydrogen) atoms. The first kappa shape index (κ1) is 14.4. The molecule has 1 fully saturated rings. The summed E-state index contributed by atoms with van der Waals surface area (Å²) in [6.45, 7) is 2.44. The van der Waals surface area contributed by atoms with Crippen LogP contribution in [0.3, 0.4) is 0 Å². The second-order valence-corrected chi connectivity index (χ2v) is 4.98. The Kier molecular flexibility index (Phi) is 4.61. The Hall–Kier alpha value is -2.04. The molecule has 108 valence electrons. The maximum atomic E-state index is 12.1. The van der Waals surface area contributed by atoms with Gasteiger partial charge in [0.05, 0.1) is 12.5 Å². The third kappa shape index (κ3) is 3.50. The van der Waals surface area contributed by atoms with Crippen molar-refractivity contribution in [3.8, 4) is 5.75 Å². The zero-order valence-electron chi connectivity index (χ0n) is 11.5. The smallest absolute Gasteiger partial charge is 0.306 e. The molecule has 0 heterocycles. The molecule has 1 aliphatic carbocycles. The molecule has 0 spiro atoms. The van der Waals surface area contributed by atoms with Gasteiger partial charge in [-0.25, -0.2) is 0 Å². The van der Waals surface area contributed by atoms with Gasteiger partial charge in [-0.3, -0.25) is 9.59 Å². The summed E-state index contributed by atoms with van der Waals surface area (Å²) in [5, 5.41) is 11.8. The highest BCUT2D eigenvalue weighted by molar-refractivity contribution is 5.94. The van der Waals surface area contributed by atoms with E-state index in [1.807, 2.05) is 6.92 Å². The number of carbonyl (C=O) groups is 2. The summed E-state index contributed by atoms with van der Waals surface area (Å²) in [4.78, 5) is 23.0. The van der Waals surface area contributed by atoms with E-state index >= 15 is 0 Å². The van der Waals surface area contributed by atoms with Crippen LogP contribution in [0.15, 0.2) is 24.3 Å². The minimum atomic E-state index is -0.778. The molecule has 1 saturated carbocycles. The molecule has 5 nitrogen and oxygen atoms in total. The monoisotopic (exact) mass is 277 g/mol. The van der Waals surface area contributed by atoms with E-state index in [0.717, 1.165) is 0 Å². The zero-order chi connectivity index (χ0) is 14.5. The zero-order valence-corrected chi connectivity index (χ0v) is 11.5. The van der Waals surface area contributed by atoms with Crippen molar-refractivity contribution in [1.82, 2.24) is 5.32 Å². The van der Waals surface area contributed by atoms with Crippen LogP contribution in [0.5, 0.6) is 5.75 Å². The van der Waals surface area contributed by atoms with Crippen molar-refractivity contribution in [1.29, 1.82) is 0 Å². The molecule has 0 aromatic heterocycles. The van der Waals surface area contributed by atoms with Crippen molar-refractivity contribution in [3.63, 3.8) is 0 Å². The van der Waals surface area contributed by atoms with Crippen molar-refractivity contribution in [3.05, 3.63) is 29.8 Å². The molecule has 5 heteroatoms. The molecule has 0 unspecified atom stereocenters. The predicted molar refractivity (Wildman–Crippen MR) is 73.8 cm³/mol. The molecule has 0 radical (unpaired) electrons. The lowest BCUT2D eigenvalue weighted by Crippen LogP contribution is -2.33. The predicted octanol–water partition coefficient (Wildman–Crippen LogP) is 2.07. The summed E-state index contributed by atoms with van der Waals surface area (Å²) in [5.74, 6) is -0.632. The Labute approximate surface area is 117 Å². The molecule has 1 aromatic carbocycles. The molecule has 2 N–H and O–H groups in total. The van der Waals surface area contributed by atoms with Gasteiger partial charge in [0.1, 0.15) is 5.75 Å². The largest absolute Gasteiger partial charge is 0.494 e. The number of benzene rings is 1. The standard InChI is InChI=1S/C15H19NO4/c1-2-20-13-5-3-4-10(9-13)14(17)16-12-7-6-11(8-12)15(18)19/h3-5,9,11-12H,2,6-8H2,1H3,(H,16,17)(H,18,19)/t11-,12+/m1/s1. The molecular weight excluding hydrogens is 258 g/mol. The maximum Gasteiger partial charge on any atom is 0.306 e. The fourth-order valence-electron chi connectivity index (χ4n) is 2.50. The highest BCUT2D eigenvalue weighted by Gasteiger charge is 2.30. The van der Waals surface area contributed by atoms with Gasteiger partial charge < -0.3 is 15.2 Å². The third-order valence-electron chi connectivity index (χ3n) is 3.52. The molecule has 1 aliphatic rings. The van der Waals surface area contributed by atoms with Gasteiger partial charge in [-0.15, -0.1) is 0 Å². The number of rotatable bonds is 5. The Morgan fingerprint density at radius 2 is 2.20 bits per heavy atom. The average molecular weight is 277 g/mol. The van der Waals surface area contributed by atoms with E-state index in [4.69, 9.17) is 9.84 Å². The van der Waals surface area contributed by atoms with E-state index in [0.29, 0.717) is 37.2 Å². The van der Waals surface area contributed by atoms with Gasteiger partial charge >= 0.3 is 5.97 Å². The molecule has 0 aliphatic heterocycles. The molecular formula is C15H19NO4. The van der Waals surface area contributed by atoms with Crippen LogP contribution in [-0.2, 0) is 4.79 Å². The second kappa shape index (κ2) is 6.41. The summed E-state index contributed by atoms with van der Waals surface area (Å²) < 4.78 is 5.36. The lowest BCUT2D eigenvalue weighted by molar-refractivity contribution is -0.141. The molecule has 1 amide bonds. The van der Waals surface area contributed by atoms with Crippen molar-refractivity contribution >= 4 is 11.9 Å². The van der Waals surface area contributed by atoms with Crippen LogP contribution in [-0.4, -0.2) is 29.6 Å². The molecule has 0 bridgehead atoms. The van der Waals surface area contributed by atoms with Gasteiger partial charge in [0, 0.05) is 11.6 Å². The van der Waals surface area contributed by atoms with Crippen LogP contribution in [0.25, 0.3) is 0 Å². The first-order valence-corrected chi connectivity index (χ1v) is 6.86. The van der Waals surface area contributed by atoms with Crippen LogP contribution in [0.4, 0.5) is 0 Å². The Morgan fingerprint density at radius 1 is 1.40 bits per heavy atom. The maximum absolute atomic E-state index is 12.1. The number of carbonyl (C=O) groups excluding carboxylic acids is 1. The van der Waals surface area contributed by atoms with E-state index in [1.165, 1.54) is 0 Å². The van der Waals surface area contributed by atoms with Crippen molar-refractivity contribution in [2.75, 3.05) is 6.61 Å². The Balaban J connectivity index is 1.95. The number of hydrogen-bond donors (Lipinski definition) is 2. The summed E-state index contributed by atoms with van der Waals surface area (Å²) in [7, 11) is 0. The molecule has 1 aromatic rings. The minimum Gasteiger partial charge on any atom is -0.494 e. The van der Waals surface area contributed by atoms with Crippen molar-refractivity contribution in [2.24, 2.45) is 5.92 Å². The first-order valence-electron chi connectivity index (χ1n) is 6.86. The number of ether oxygens (including phenoxy) is 1. The normalized spacial score (nSPS) is 21.4. The fourth-order valence-corrected chi connectivity index (χ4v) is 2.50. The number of carboxylic acid groups (broad SMARTS) is 1. The van der Waals surface area contributed by atoms with Crippen LogP contribution in [0, 0.1) is 5.92 Å². The van der Waals surface area contributed by atoms with E-state index in [9.17, 15) is 9.59 Å². The molecule has 2 atom stereocenters. The number of carboxylic acids is 1. The second-order valence-electron chi connectivity index (χ2n) is 4.98. The topological polar surface area (TPSA) is 75.6 Å². The number of nitrogens with one attached hydrogen (secondary N) is 1. The summed E-state index contributed by atoms with van der Waals surface area (Å²) in [6.07, 6.45) is 1.85. The van der Waals surface area contributed by atoms with Gasteiger partial charge in [0.15, 0.2) is 0 Å². The fraction of sp³-hybridized carbons (Fsp3) is 0.467. The quantitative estimate of drug-likeness (QED) is 0.864. The summed E-state index contributed by atoms with van der Waals surface area (Å²) >= 11 is 0. The van der Waals surface area contributed by atoms with Crippen LogP contribution < -0.4 is 10.1 Å².